The Hall–Kier alpha value is -0.700. The molecular formula is C7H10ClN3. The largest absolute Gasteiger partial charge is 0.359 e. The molecule has 0 unspecified atom stereocenters. The number of allylic oxidation sites excluding steroid dienone is 1. The predicted molar refractivity (Wildman–Crippen MR) is 45.6 cm³/mol. The van der Waals surface area contributed by atoms with Crippen molar-refractivity contribution in [1.29, 1.82) is 0 Å². The van der Waals surface area contributed by atoms with Crippen LogP contribution in [0.1, 0.15) is 0 Å². The lowest BCUT2D eigenvalue weighted by atomic mass is 10.5. The number of rotatable bonds is 0. The van der Waals surface area contributed by atoms with E-state index in [-0.39, 0.29) is 0 Å². The van der Waals surface area contributed by atoms with Crippen LogP contribution in [-0.2, 0) is 0 Å². The molecule has 0 amide bonds. The third kappa shape index (κ3) is 1.09. The molecule has 1 saturated heterocycles. The summed E-state index contributed by atoms with van der Waals surface area (Å²) < 4.78 is 0. The van der Waals surface area contributed by atoms with Crippen LogP contribution in [0.15, 0.2) is 16.9 Å². The molecule has 0 aromatic carbocycles. The fourth-order valence-corrected chi connectivity index (χ4v) is 1.54. The first-order chi connectivity index (χ1) is 5.27. The topological polar surface area (TPSA) is 18.8 Å². The highest BCUT2D eigenvalue weighted by Gasteiger charge is 2.23. The Labute approximate surface area is 70.9 Å². The van der Waals surface area contributed by atoms with Gasteiger partial charge in [-0.2, -0.15) is 0 Å². The lowest BCUT2D eigenvalue weighted by Gasteiger charge is -2.22. The van der Waals surface area contributed by atoms with Gasteiger partial charge in [-0.15, -0.1) is 0 Å². The van der Waals surface area contributed by atoms with Crippen molar-refractivity contribution in [2.45, 2.75) is 0 Å². The third-order valence-corrected chi connectivity index (χ3v) is 2.29. The molecule has 2 heterocycles. The first-order valence-electron chi connectivity index (χ1n) is 3.65. The van der Waals surface area contributed by atoms with Gasteiger partial charge in [-0.1, -0.05) is 11.6 Å². The summed E-state index contributed by atoms with van der Waals surface area (Å²) in [6.45, 7) is 2.86. The van der Waals surface area contributed by atoms with E-state index in [0.717, 1.165) is 19.8 Å². The van der Waals surface area contributed by atoms with Crippen LogP contribution in [0.3, 0.4) is 0 Å². The molecule has 0 aromatic rings. The monoisotopic (exact) mass is 171 g/mol. The number of fused-ring (bicyclic) bond motifs is 1. The zero-order valence-corrected chi connectivity index (χ0v) is 7.17. The zero-order valence-electron chi connectivity index (χ0n) is 6.42. The molecule has 0 aliphatic carbocycles. The maximum atomic E-state index is 5.77. The van der Waals surface area contributed by atoms with E-state index in [1.54, 1.807) is 0 Å². The molecule has 4 heteroatoms. The summed E-state index contributed by atoms with van der Waals surface area (Å²) in [6.07, 6.45) is 1.91. The standard InChI is InChI=1S/C7H10ClN3/c1-10-2-3-11-5-9-6(8)4-7(10)11/h4H,2-3,5H2,1H3. The van der Waals surface area contributed by atoms with Crippen molar-refractivity contribution in [1.82, 2.24) is 9.80 Å². The van der Waals surface area contributed by atoms with E-state index in [9.17, 15) is 0 Å². The number of nitrogens with zero attached hydrogens (tertiary/aromatic N) is 3. The molecule has 2 aliphatic heterocycles. The highest BCUT2D eigenvalue weighted by molar-refractivity contribution is 6.68. The van der Waals surface area contributed by atoms with Crippen LogP contribution in [-0.4, -0.2) is 41.8 Å². The Bertz CT molecular complexity index is 234. The summed E-state index contributed by atoms with van der Waals surface area (Å²) in [7, 11) is 2.07. The van der Waals surface area contributed by atoms with Crippen molar-refractivity contribution in [3.63, 3.8) is 0 Å². The van der Waals surface area contributed by atoms with E-state index in [1.165, 1.54) is 5.82 Å². The van der Waals surface area contributed by atoms with Gasteiger partial charge in [0.2, 0.25) is 0 Å². The molecule has 0 N–H and O–H groups in total. The molecule has 11 heavy (non-hydrogen) atoms. The highest BCUT2D eigenvalue weighted by Crippen LogP contribution is 2.19. The maximum Gasteiger partial charge on any atom is 0.129 e. The Morgan fingerprint density at radius 1 is 1.55 bits per heavy atom. The van der Waals surface area contributed by atoms with Gasteiger partial charge in [0, 0.05) is 26.2 Å². The van der Waals surface area contributed by atoms with Crippen LogP contribution in [0, 0.1) is 0 Å². The van der Waals surface area contributed by atoms with Crippen molar-refractivity contribution >= 4 is 16.8 Å². The van der Waals surface area contributed by atoms with Gasteiger partial charge in [0.05, 0.1) is 0 Å². The highest BCUT2D eigenvalue weighted by atomic mass is 35.5. The zero-order chi connectivity index (χ0) is 7.84. The van der Waals surface area contributed by atoms with E-state index in [0.29, 0.717) is 5.17 Å². The normalized spacial score (nSPS) is 23.1. The minimum atomic E-state index is 0.616. The molecule has 0 spiro atoms. The first kappa shape index (κ1) is 6.98. The van der Waals surface area contributed by atoms with Gasteiger partial charge in [0.25, 0.3) is 0 Å². The van der Waals surface area contributed by atoms with Gasteiger partial charge in [-0.05, 0) is 0 Å². The van der Waals surface area contributed by atoms with E-state index < -0.39 is 0 Å². The average Bonchev–Trinajstić information content (AvgIpc) is 2.33. The maximum absolute atomic E-state index is 5.77. The number of aliphatic imine (C=N–C) groups is 1. The third-order valence-electron chi connectivity index (χ3n) is 2.06. The minimum absolute atomic E-state index is 0.616. The van der Waals surface area contributed by atoms with Gasteiger partial charge >= 0.3 is 0 Å². The Kier molecular flexibility index (Phi) is 1.53. The molecule has 0 radical (unpaired) electrons. The Morgan fingerprint density at radius 2 is 2.36 bits per heavy atom. The van der Waals surface area contributed by atoms with Gasteiger partial charge in [-0.3, -0.25) is 4.99 Å². The van der Waals surface area contributed by atoms with Gasteiger partial charge in [0.1, 0.15) is 17.7 Å². The van der Waals surface area contributed by atoms with E-state index in [1.807, 2.05) is 6.08 Å². The van der Waals surface area contributed by atoms with Crippen LogP contribution in [0.4, 0.5) is 0 Å². The fraction of sp³-hybridized carbons (Fsp3) is 0.571. The Morgan fingerprint density at radius 3 is 3.18 bits per heavy atom. The van der Waals surface area contributed by atoms with Crippen molar-refractivity contribution in [3.8, 4) is 0 Å². The van der Waals surface area contributed by atoms with Gasteiger partial charge < -0.3 is 9.80 Å². The van der Waals surface area contributed by atoms with Crippen molar-refractivity contribution in [2.24, 2.45) is 4.99 Å². The molecule has 3 nitrogen and oxygen atoms in total. The summed E-state index contributed by atoms with van der Waals surface area (Å²) in [6, 6.07) is 0. The van der Waals surface area contributed by atoms with Crippen molar-refractivity contribution in [3.05, 3.63) is 11.9 Å². The summed E-state index contributed by atoms with van der Waals surface area (Å²) >= 11 is 5.77. The van der Waals surface area contributed by atoms with Crippen LogP contribution in [0.25, 0.3) is 0 Å². The summed E-state index contributed by atoms with van der Waals surface area (Å²) in [4.78, 5) is 8.52. The van der Waals surface area contributed by atoms with E-state index >= 15 is 0 Å². The van der Waals surface area contributed by atoms with E-state index in [4.69, 9.17) is 11.6 Å². The molecule has 2 rings (SSSR count). The molecular weight excluding hydrogens is 162 g/mol. The lowest BCUT2D eigenvalue weighted by Crippen LogP contribution is -2.25. The van der Waals surface area contributed by atoms with E-state index in [2.05, 4.69) is 21.8 Å². The first-order valence-corrected chi connectivity index (χ1v) is 4.03. The molecule has 0 saturated carbocycles. The molecule has 60 valence electrons. The second-order valence-corrected chi connectivity index (χ2v) is 3.20. The van der Waals surface area contributed by atoms with Crippen molar-refractivity contribution < 1.29 is 0 Å². The molecule has 0 aromatic heterocycles. The quantitative estimate of drug-likeness (QED) is 0.534. The second-order valence-electron chi connectivity index (χ2n) is 2.81. The molecule has 0 bridgehead atoms. The molecule has 0 atom stereocenters. The summed E-state index contributed by atoms with van der Waals surface area (Å²) in [5, 5.41) is 0.616. The molecule has 2 aliphatic rings. The number of hydrogen-bond acceptors (Lipinski definition) is 3. The lowest BCUT2D eigenvalue weighted by molar-refractivity contribution is 0.372. The van der Waals surface area contributed by atoms with Gasteiger partial charge in [-0.25, -0.2) is 0 Å². The molecule has 1 fully saturated rings. The minimum Gasteiger partial charge on any atom is -0.359 e. The fourth-order valence-electron chi connectivity index (χ4n) is 1.39. The Balaban J connectivity index is 2.27. The number of likely N-dealkylation sites (N-methyl/N-ethyl adjacent to an activating group) is 1. The SMILES string of the molecule is CN1CCN2CN=C(Cl)C=C12. The van der Waals surface area contributed by atoms with Crippen LogP contribution in [0.5, 0.6) is 0 Å². The average molecular weight is 172 g/mol. The summed E-state index contributed by atoms with van der Waals surface area (Å²) in [5.41, 5.74) is 0. The number of halogens is 1. The van der Waals surface area contributed by atoms with Crippen LogP contribution < -0.4 is 0 Å². The van der Waals surface area contributed by atoms with Gasteiger partial charge in [0.15, 0.2) is 0 Å². The summed E-state index contributed by atoms with van der Waals surface area (Å²) in [5.74, 6) is 1.20. The van der Waals surface area contributed by atoms with Crippen LogP contribution in [0.2, 0.25) is 0 Å². The van der Waals surface area contributed by atoms with Crippen molar-refractivity contribution in [2.75, 3.05) is 26.8 Å². The predicted octanol–water partition coefficient (Wildman–Crippen LogP) is 0.684. The smallest absolute Gasteiger partial charge is 0.129 e. The van der Waals surface area contributed by atoms with Crippen LogP contribution >= 0.6 is 11.6 Å². The number of hydrogen-bond donors (Lipinski definition) is 0. The second kappa shape index (κ2) is 2.41.